The first-order valence-corrected chi connectivity index (χ1v) is 6.31. The molecule has 0 atom stereocenters. The second-order valence-electron chi connectivity index (χ2n) is 6.67. The molecule has 0 aliphatic carbocycles. The molecular weight excluding hydrogens is 224 g/mol. The molecule has 3 nitrogen and oxygen atoms in total. The van der Waals surface area contributed by atoms with Crippen molar-refractivity contribution in [2.75, 3.05) is 7.05 Å². The van der Waals surface area contributed by atoms with Gasteiger partial charge in [-0.3, -0.25) is 4.79 Å². The number of carbonyl (C=O) groups is 1. The largest absolute Gasteiger partial charge is 0.354 e. The van der Waals surface area contributed by atoms with Crippen molar-refractivity contribution < 1.29 is 4.79 Å². The molecule has 1 aromatic heterocycles. The van der Waals surface area contributed by atoms with Crippen LogP contribution < -0.4 is 5.32 Å². The molecule has 3 heteroatoms. The van der Waals surface area contributed by atoms with Gasteiger partial charge in [0.25, 0.3) is 5.91 Å². The lowest BCUT2D eigenvalue weighted by Gasteiger charge is -2.29. The van der Waals surface area contributed by atoms with E-state index >= 15 is 0 Å². The van der Waals surface area contributed by atoms with Crippen molar-refractivity contribution in [2.45, 2.75) is 52.4 Å². The van der Waals surface area contributed by atoms with Gasteiger partial charge in [-0.1, -0.05) is 47.6 Å². The first-order chi connectivity index (χ1) is 8.07. The zero-order chi connectivity index (χ0) is 14.1. The van der Waals surface area contributed by atoms with Crippen LogP contribution in [0.2, 0.25) is 0 Å². The summed E-state index contributed by atoms with van der Waals surface area (Å²) in [5, 5.41) is 2.62. The van der Waals surface area contributed by atoms with Gasteiger partial charge in [-0.15, -0.1) is 0 Å². The van der Waals surface area contributed by atoms with Gasteiger partial charge in [-0.05, 0) is 17.0 Å². The molecule has 1 N–H and O–H groups in total. The smallest absolute Gasteiger partial charge is 0.269 e. The molecule has 0 aliphatic rings. The SMILES string of the molecule is CNC(=O)c1ccc(C(C)(C)C)c(C(C)(C)C)n1. The van der Waals surface area contributed by atoms with E-state index in [9.17, 15) is 4.79 Å². The van der Waals surface area contributed by atoms with E-state index in [1.54, 1.807) is 13.1 Å². The van der Waals surface area contributed by atoms with Gasteiger partial charge in [0.2, 0.25) is 0 Å². The maximum absolute atomic E-state index is 11.7. The molecule has 0 aliphatic heterocycles. The van der Waals surface area contributed by atoms with Crippen molar-refractivity contribution in [3.63, 3.8) is 0 Å². The fourth-order valence-electron chi connectivity index (χ4n) is 1.89. The quantitative estimate of drug-likeness (QED) is 0.830. The Morgan fingerprint density at radius 3 is 2.00 bits per heavy atom. The standard InChI is InChI=1S/C15H24N2O/c1-14(2,3)10-8-9-11(13(18)16-7)17-12(10)15(4,5)6/h8-9H,1-7H3,(H,16,18). The number of nitrogens with zero attached hydrogens (tertiary/aromatic N) is 1. The predicted octanol–water partition coefficient (Wildman–Crippen LogP) is 3.04. The Morgan fingerprint density at radius 2 is 1.61 bits per heavy atom. The average Bonchev–Trinajstić information content (AvgIpc) is 2.24. The van der Waals surface area contributed by atoms with Crippen LogP contribution in [0, 0.1) is 0 Å². The number of hydrogen-bond donors (Lipinski definition) is 1. The lowest BCUT2D eigenvalue weighted by Crippen LogP contribution is -2.27. The van der Waals surface area contributed by atoms with Crippen LogP contribution in [-0.2, 0) is 10.8 Å². The van der Waals surface area contributed by atoms with Gasteiger partial charge >= 0.3 is 0 Å². The summed E-state index contributed by atoms with van der Waals surface area (Å²) in [6.07, 6.45) is 0. The summed E-state index contributed by atoms with van der Waals surface area (Å²) in [6.45, 7) is 12.9. The fourth-order valence-corrected chi connectivity index (χ4v) is 1.89. The molecule has 0 spiro atoms. The van der Waals surface area contributed by atoms with Crippen molar-refractivity contribution in [3.8, 4) is 0 Å². The van der Waals surface area contributed by atoms with E-state index in [-0.39, 0.29) is 16.7 Å². The molecule has 0 aromatic carbocycles. The zero-order valence-corrected chi connectivity index (χ0v) is 12.5. The Balaban J connectivity index is 3.45. The van der Waals surface area contributed by atoms with Gasteiger partial charge in [0.05, 0.1) is 5.69 Å². The molecule has 0 radical (unpaired) electrons. The predicted molar refractivity (Wildman–Crippen MR) is 75.0 cm³/mol. The number of aromatic nitrogens is 1. The highest BCUT2D eigenvalue weighted by atomic mass is 16.1. The van der Waals surface area contributed by atoms with Gasteiger partial charge < -0.3 is 5.32 Å². The second kappa shape index (κ2) is 4.71. The van der Waals surface area contributed by atoms with E-state index in [1.165, 1.54) is 5.56 Å². The van der Waals surface area contributed by atoms with Crippen LogP contribution in [0.3, 0.4) is 0 Å². The maximum atomic E-state index is 11.7. The van der Waals surface area contributed by atoms with Gasteiger partial charge in [-0.2, -0.15) is 0 Å². The van der Waals surface area contributed by atoms with Gasteiger partial charge in [-0.25, -0.2) is 4.98 Å². The van der Waals surface area contributed by atoms with Crippen molar-refractivity contribution in [2.24, 2.45) is 0 Å². The highest BCUT2D eigenvalue weighted by molar-refractivity contribution is 5.92. The Kier molecular flexibility index (Phi) is 3.84. The van der Waals surface area contributed by atoms with Crippen LogP contribution >= 0.6 is 0 Å². The number of rotatable bonds is 1. The van der Waals surface area contributed by atoms with Crippen LogP contribution in [0.4, 0.5) is 0 Å². The van der Waals surface area contributed by atoms with E-state index in [0.29, 0.717) is 5.69 Å². The number of pyridine rings is 1. The van der Waals surface area contributed by atoms with Crippen molar-refractivity contribution >= 4 is 5.91 Å². The first-order valence-electron chi connectivity index (χ1n) is 6.31. The molecule has 1 rings (SSSR count). The van der Waals surface area contributed by atoms with Crippen molar-refractivity contribution in [1.29, 1.82) is 0 Å². The molecule has 18 heavy (non-hydrogen) atoms. The third-order valence-corrected chi connectivity index (χ3v) is 2.87. The summed E-state index contributed by atoms with van der Waals surface area (Å²) in [7, 11) is 1.62. The minimum atomic E-state index is -0.138. The second-order valence-corrected chi connectivity index (χ2v) is 6.67. The minimum absolute atomic E-state index is 0.0246. The molecule has 100 valence electrons. The summed E-state index contributed by atoms with van der Waals surface area (Å²) in [4.78, 5) is 16.2. The third kappa shape index (κ3) is 3.09. The van der Waals surface area contributed by atoms with Crippen LogP contribution in [-0.4, -0.2) is 17.9 Å². The lowest BCUT2D eigenvalue weighted by atomic mass is 9.78. The molecular formula is C15H24N2O. The molecule has 1 aromatic rings. The Morgan fingerprint density at radius 1 is 1.06 bits per heavy atom. The monoisotopic (exact) mass is 248 g/mol. The summed E-state index contributed by atoms with van der Waals surface area (Å²) in [6, 6.07) is 3.83. The van der Waals surface area contributed by atoms with Crippen LogP contribution in [0.25, 0.3) is 0 Å². The number of nitrogens with one attached hydrogen (secondary N) is 1. The Hall–Kier alpha value is -1.38. The van der Waals surface area contributed by atoms with E-state index in [0.717, 1.165) is 5.69 Å². The Labute approximate surface area is 110 Å². The normalized spacial score (nSPS) is 12.4. The van der Waals surface area contributed by atoms with Crippen LogP contribution in [0.15, 0.2) is 12.1 Å². The summed E-state index contributed by atoms with van der Waals surface area (Å²) >= 11 is 0. The van der Waals surface area contributed by atoms with Crippen molar-refractivity contribution in [3.05, 3.63) is 29.1 Å². The van der Waals surface area contributed by atoms with Crippen LogP contribution in [0.1, 0.15) is 63.3 Å². The van der Waals surface area contributed by atoms with E-state index in [1.807, 2.05) is 6.07 Å². The van der Waals surface area contributed by atoms with E-state index in [4.69, 9.17) is 0 Å². The zero-order valence-electron chi connectivity index (χ0n) is 12.5. The molecule has 1 amide bonds. The highest BCUT2D eigenvalue weighted by Gasteiger charge is 2.27. The number of carbonyl (C=O) groups excluding carboxylic acids is 1. The summed E-state index contributed by atoms with van der Waals surface area (Å²) < 4.78 is 0. The Bertz CT molecular complexity index is 451. The molecule has 0 unspecified atom stereocenters. The molecule has 1 heterocycles. The number of hydrogen-bond acceptors (Lipinski definition) is 2. The third-order valence-electron chi connectivity index (χ3n) is 2.87. The van der Waals surface area contributed by atoms with Crippen LogP contribution in [0.5, 0.6) is 0 Å². The summed E-state index contributed by atoms with van der Waals surface area (Å²) in [5.41, 5.74) is 2.62. The van der Waals surface area contributed by atoms with Gasteiger partial charge in [0.1, 0.15) is 5.69 Å². The van der Waals surface area contributed by atoms with E-state index < -0.39 is 0 Å². The number of amides is 1. The topological polar surface area (TPSA) is 42.0 Å². The van der Waals surface area contributed by atoms with E-state index in [2.05, 4.69) is 51.8 Å². The lowest BCUT2D eigenvalue weighted by molar-refractivity contribution is 0.0957. The summed E-state index contributed by atoms with van der Waals surface area (Å²) in [5.74, 6) is -0.138. The van der Waals surface area contributed by atoms with Crippen molar-refractivity contribution in [1.82, 2.24) is 10.3 Å². The molecule has 0 saturated heterocycles. The van der Waals surface area contributed by atoms with Gasteiger partial charge in [0, 0.05) is 12.5 Å². The highest BCUT2D eigenvalue weighted by Crippen LogP contribution is 2.32. The first kappa shape index (κ1) is 14.7. The maximum Gasteiger partial charge on any atom is 0.269 e. The molecule has 0 fully saturated rings. The fraction of sp³-hybridized carbons (Fsp3) is 0.600. The van der Waals surface area contributed by atoms with Gasteiger partial charge in [0.15, 0.2) is 0 Å². The molecule has 0 bridgehead atoms. The molecule has 0 saturated carbocycles. The minimum Gasteiger partial charge on any atom is -0.354 e. The average molecular weight is 248 g/mol.